The second-order valence-electron chi connectivity index (χ2n) is 30.4. The number of thiocarbonyl (C=S) groups is 1. The molecule has 1 spiro atoms. The highest BCUT2D eigenvalue weighted by Gasteiger charge is 2.55. The molecule has 4 saturated heterocycles. The summed E-state index contributed by atoms with van der Waals surface area (Å²) in [6, 6.07) is 16.7. The minimum Gasteiger partial charge on any atom is -0.508 e. The molecule has 0 radical (unpaired) electrons. The lowest BCUT2D eigenvalue weighted by atomic mass is 9.77. The van der Waals surface area contributed by atoms with E-state index in [2.05, 4.69) is 42.4 Å². The molecule has 0 aliphatic carbocycles. The summed E-state index contributed by atoms with van der Waals surface area (Å²) in [5, 5.41) is 83.6. The number of hydrogen-bond donors (Lipinski definition) is 14. The van der Waals surface area contributed by atoms with Crippen LogP contribution in [0.15, 0.2) is 114 Å². The molecule has 5 aromatic rings. The number of phenols is 2. The molecule has 38 heteroatoms. The minimum atomic E-state index is -1.77. The molecule has 644 valence electrons. The van der Waals surface area contributed by atoms with E-state index in [9.17, 15) is 93.0 Å². The molecular weight excluding hydrogens is 1600 g/mol. The number of fused-ring (bicyclic) bond motifs is 6. The summed E-state index contributed by atoms with van der Waals surface area (Å²) in [5.41, 5.74) is 7.51. The number of carbonyl (C=O) groups excluding carboxylic acids is 11. The van der Waals surface area contributed by atoms with Crippen LogP contribution in [0.25, 0.3) is 0 Å². The van der Waals surface area contributed by atoms with Crippen molar-refractivity contribution in [3.63, 3.8) is 0 Å². The Balaban J connectivity index is 0.690. The SMILES string of the molecule is C[C@H](NC(=O)[C@@H](NC(=O)[C@@H]1CCCN1C(=O)[C@H](CCC(=O)O)NC(=O)[C@@H]1CCCN1C(=O)CCCCNC(=S)Nc1ccc2c(c1)C1(OC2=O)c2ccc(O)cc2Oc2cc(O)ccc21)[C@@H](C)O)C(=O)N1CCCCC1C(=O)N1CC[C@H](O/N=C\c2ccc(OCc3ccccc3)cc2)[C@H]1C(=O)N[C@@H](CCC(=O)O)C(=O)N[C@@H](CCC(=O)O)C(N)=O. The zero-order valence-corrected chi connectivity index (χ0v) is 67.2. The highest BCUT2D eigenvalue weighted by atomic mass is 32.1. The van der Waals surface area contributed by atoms with Gasteiger partial charge in [-0.25, -0.2) is 4.79 Å². The molecule has 4 fully saturated rings. The van der Waals surface area contributed by atoms with Crippen LogP contribution < -0.4 is 52.4 Å². The summed E-state index contributed by atoms with van der Waals surface area (Å²) in [5.74, 6) is -12.6. The van der Waals surface area contributed by atoms with Gasteiger partial charge < -0.3 is 112 Å². The maximum Gasteiger partial charge on any atom is 0.340 e. The van der Waals surface area contributed by atoms with Crippen LogP contribution in [0.5, 0.6) is 28.7 Å². The molecule has 1 unspecified atom stereocenters. The summed E-state index contributed by atoms with van der Waals surface area (Å²) in [6.45, 7) is 3.03. The first-order valence-electron chi connectivity index (χ1n) is 40.0. The quantitative estimate of drug-likeness (QED) is 0.00901. The highest BCUT2D eigenvalue weighted by molar-refractivity contribution is 7.80. The zero-order valence-electron chi connectivity index (χ0n) is 66.3. The molecule has 6 aliphatic heterocycles. The number of phenolic OH excluding ortho intramolecular Hbond substituents is 2. The number of carbonyl (C=O) groups is 14. The number of aliphatic hydroxyl groups is 1. The smallest absolute Gasteiger partial charge is 0.340 e. The molecular formula is C83H97N13O24S. The number of aliphatic carboxylic acids is 3. The topological polar surface area (TPSA) is 533 Å². The fraction of sp³-hybridized carbons (Fsp3) is 0.446. The monoisotopic (exact) mass is 1690 g/mol. The third-order valence-corrected chi connectivity index (χ3v) is 22.2. The average molecular weight is 1690 g/mol. The summed E-state index contributed by atoms with van der Waals surface area (Å²) >= 11 is 5.64. The molecule has 11 atom stereocenters. The number of aromatic hydroxyl groups is 2. The first kappa shape index (κ1) is 88.8. The van der Waals surface area contributed by atoms with E-state index in [0.29, 0.717) is 78.9 Å². The van der Waals surface area contributed by atoms with Gasteiger partial charge >= 0.3 is 23.9 Å². The lowest BCUT2D eigenvalue weighted by molar-refractivity contribution is -0.153. The van der Waals surface area contributed by atoms with Crippen molar-refractivity contribution in [2.45, 2.75) is 202 Å². The molecule has 6 aliphatic rings. The third-order valence-electron chi connectivity index (χ3n) is 22.0. The van der Waals surface area contributed by atoms with Crippen molar-refractivity contribution in [3.8, 4) is 28.7 Å². The van der Waals surface area contributed by atoms with Crippen LogP contribution in [0, 0.1) is 0 Å². The number of ether oxygens (including phenoxy) is 3. The van der Waals surface area contributed by atoms with Crippen molar-refractivity contribution >= 4 is 112 Å². The van der Waals surface area contributed by atoms with E-state index in [-0.39, 0.29) is 104 Å². The number of rotatable bonds is 36. The van der Waals surface area contributed by atoms with Crippen LogP contribution in [-0.4, -0.2) is 244 Å². The van der Waals surface area contributed by atoms with Gasteiger partial charge in [0.15, 0.2) is 22.9 Å². The third kappa shape index (κ3) is 21.7. The summed E-state index contributed by atoms with van der Waals surface area (Å²) in [7, 11) is 0. The number of nitrogens with two attached hydrogens (primary N) is 1. The van der Waals surface area contributed by atoms with E-state index in [1.54, 1.807) is 54.6 Å². The number of oxime groups is 1. The number of hydrogen-bond acceptors (Lipinski definition) is 23. The number of carboxylic acid groups (broad SMARTS) is 3. The van der Waals surface area contributed by atoms with Crippen LogP contribution in [-0.2, 0) is 84.1 Å². The lowest BCUT2D eigenvalue weighted by Crippen LogP contribution is -2.62. The zero-order chi connectivity index (χ0) is 86.9. The number of piperidine rings is 1. The minimum absolute atomic E-state index is 0.0190. The van der Waals surface area contributed by atoms with Crippen LogP contribution in [0.3, 0.4) is 0 Å². The van der Waals surface area contributed by atoms with E-state index < -0.39 is 188 Å². The van der Waals surface area contributed by atoms with Crippen molar-refractivity contribution in [1.82, 2.24) is 51.5 Å². The Hall–Kier alpha value is -13.0. The Morgan fingerprint density at radius 3 is 1.84 bits per heavy atom. The number of nitrogens with one attached hydrogen (secondary N) is 7. The van der Waals surface area contributed by atoms with Gasteiger partial charge in [0.05, 0.1) is 17.9 Å². The number of carboxylic acids is 3. The van der Waals surface area contributed by atoms with Gasteiger partial charge in [-0.05, 0) is 181 Å². The van der Waals surface area contributed by atoms with Crippen molar-refractivity contribution in [1.29, 1.82) is 0 Å². The van der Waals surface area contributed by atoms with Gasteiger partial charge in [-0.15, -0.1) is 0 Å². The lowest BCUT2D eigenvalue weighted by Gasteiger charge is -2.39. The molecule has 10 amide bonds. The Bertz CT molecular complexity index is 4750. The summed E-state index contributed by atoms with van der Waals surface area (Å²) < 4.78 is 18.1. The number of nitrogens with zero attached hydrogens (tertiary/aromatic N) is 5. The molecule has 11 rings (SSSR count). The number of unbranched alkanes of at least 4 members (excludes halogenated alkanes) is 1. The van der Waals surface area contributed by atoms with Gasteiger partial charge in [0, 0.05) is 99.3 Å². The van der Waals surface area contributed by atoms with Crippen LogP contribution in [0.1, 0.15) is 161 Å². The van der Waals surface area contributed by atoms with Crippen molar-refractivity contribution in [2.24, 2.45) is 10.9 Å². The van der Waals surface area contributed by atoms with E-state index in [0.717, 1.165) is 15.4 Å². The molecule has 6 heterocycles. The Morgan fingerprint density at radius 2 is 1.20 bits per heavy atom. The first-order chi connectivity index (χ1) is 57.9. The second kappa shape index (κ2) is 40.2. The summed E-state index contributed by atoms with van der Waals surface area (Å²) in [6.07, 6.45) is -2.39. The largest absolute Gasteiger partial charge is 0.508 e. The Morgan fingerprint density at radius 1 is 0.603 bits per heavy atom. The van der Waals surface area contributed by atoms with Gasteiger partial charge in [0.1, 0.15) is 83.7 Å². The van der Waals surface area contributed by atoms with Crippen molar-refractivity contribution in [3.05, 3.63) is 143 Å². The second-order valence-corrected chi connectivity index (χ2v) is 30.8. The maximum atomic E-state index is 15.2. The van der Waals surface area contributed by atoms with Crippen molar-refractivity contribution in [2.75, 3.05) is 38.0 Å². The highest BCUT2D eigenvalue weighted by Crippen LogP contribution is 2.57. The number of esters is 1. The molecule has 0 aromatic heterocycles. The number of primary amides is 1. The number of aliphatic hydroxyl groups excluding tert-OH is 1. The van der Waals surface area contributed by atoms with E-state index in [4.69, 9.17) is 37.0 Å². The maximum absolute atomic E-state index is 15.2. The fourth-order valence-electron chi connectivity index (χ4n) is 15.9. The van der Waals surface area contributed by atoms with Crippen LogP contribution in [0.2, 0.25) is 0 Å². The molecule has 5 aromatic carbocycles. The molecule has 0 saturated carbocycles. The van der Waals surface area contributed by atoms with Crippen LogP contribution in [0.4, 0.5) is 5.69 Å². The van der Waals surface area contributed by atoms with Crippen LogP contribution >= 0.6 is 12.2 Å². The van der Waals surface area contributed by atoms with Gasteiger partial charge in [-0.1, -0.05) is 35.5 Å². The Labute approximate surface area is 699 Å². The number of anilines is 1. The molecule has 0 bridgehead atoms. The number of amides is 10. The average Bonchev–Trinajstić information content (AvgIpc) is 1.45. The normalized spacial score (nSPS) is 19.5. The number of benzene rings is 5. The van der Waals surface area contributed by atoms with Gasteiger partial charge in [-0.3, -0.25) is 62.3 Å². The molecule has 15 N–H and O–H groups in total. The Kier molecular flexibility index (Phi) is 29.5. The molecule has 37 nitrogen and oxygen atoms in total. The van der Waals surface area contributed by atoms with E-state index >= 15 is 4.79 Å². The fourth-order valence-corrected chi connectivity index (χ4v) is 16.1. The van der Waals surface area contributed by atoms with E-state index in [1.807, 2.05) is 30.3 Å². The predicted molar refractivity (Wildman–Crippen MR) is 432 cm³/mol. The van der Waals surface area contributed by atoms with Gasteiger partial charge in [0.2, 0.25) is 59.1 Å². The van der Waals surface area contributed by atoms with Gasteiger partial charge in [-0.2, -0.15) is 0 Å². The van der Waals surface area contributed by atoms with Gasteiger partial charge in [0.25, 0.3) is 0 Å². The van der Waals surface area contributed by atoms with E-state index in [1.165, 1.54) is 54.1 Å². The number of likely N-dealkylation sites (tertiary alicyclic amines) is 4. The summed E-state index contributed by atoms with van der Waals surface area (Å²) in [4.78, 5) is 202. The predicted octanol–water partition coefficient (Wildman–Crippen LogP) is 2.99. The first-order valence-corrected chi connectivity index (χ1v) is 40.4. The molecule has 121 heavy (non-hydrogen) atoms. The van der Waals surface area contributed by atoms with Crippen molar-refractivity contribution < 1.29 is 117 Å². The standard InChI is InChI=1S/C83H97N13O24S/c1-45(78(113)95-36-9-7-14-62(95)80(115)96-39-34-63(120-86-43-47-18-23-52(24-19-47)117-44-48-12-4-3-5-13-48)71(96)77(112)90-58(29-32-68(103)104)73(108)89-57(72(84)107)28-31-67(101)102)87-76(111)70(46(2)97)92-75(110)61-16-11-38-94(61)79(114)59(30-33-69(105)106)91-74(109)60-15-10-37-93(60)66(100)17-6-8-35-85-82(121)88-49-20-25-53-56(40-49)83(119-81(53)116)54-26-21-50(98)41-64(54)118-65-42-51(99)22-27-55(65)83/h3-5,12-13,18-27,40-43,45-46,57-63,70-71,97-99H,6-11,14-17,28-39,44H2,1-2H3,(H2,84,107)(H,87,111)(H,89,108)(H,90,112)(H,91,109)(H,92,110)(H,101,102)(H,103,104)(H,105,106)(H2,85,88,121)/b86-43-/t45-,46+,57-,58-,59-,60-,61-,62?,63-,70-,71-/m0/s1.